The number of aromatic nitrogens is 1. The van der Waals surface area contributed by atoms with E-state index in [0.717, 1.165) is 17.7 Å². The zero-order chi connectivity index (χ0) is 19.5. The molecule has 0 bridgehead atoms. The van der Waals surface area contributed by atoms with Gasteiger partial charge in [-0.15, -0.1) is 11.3 Å². The number of amides is 2. The number of likely N-dealkylation sites (tertiary alicyclic amines) is 1. The molecule has 2 amide bonds. The largest absolute Gasteiger partial charge is 0.450 e. The number of carbonyl (C=O) groups is 2. The molecule has 0 radical (unpaired) electrons. The molecule has 4 rings (SSSR count). The third kappa shape index (κ3) is 4.04. The number of nitrogens with zero attached hydrogens (tertiary/aromatic N) is 2. The van der Waals surface area contributed by atoms with Crippen LogP contribution in [0, 0.1) is 5.92 Å². The Morgan fingerprint density at radius 1 is 1.25 bits per heavy atom. The molecule has 0 spiro atoms. The molecule has 148 valence electrons. The van der Waals surface area contributed by atoms with Crippen LogP contribution in [0.1, 0.15) is 37.3 Å². The lowest BCUT2D eigenvalue weighted by Gasteiger charge is -2.30. The summed E-state index contributed by atoms with van der Waals surface area (Å²) in [5.74, 6) is -0.114. The SMILES string of the molecule is CCOC(=O)N1CCC(C(=O)Nc2nc(-c3ccc4c(c3)CCC4)cs2)CC1. The van der Waals surface area contributed by atoms with Gasteiger partial charge in [0.15, 0.2) is 5.13 Å². The molecule has 0 saturated carbocycles. The van der Waals surface area contributed by atoms with Crippen molar-refractivity contribution < 1.29 is 14.3 Å². The highest BCUT2D eigenvalue weighted by molar-refractivity contribution is 7.14. The van der Waals surface area contributed by atoms with Gasteiger partial charge < -0.3 is 15.0 Å². The minimum Gasteiger partial charge on any atom is -0.450 e. The molecule has 2 aliphatic rings. The average Bonchev–Trinajstić information content (AvgIpc) is 3.37. The maximum atomic E-state index is 12.6. The van der Waals surface area contributed by atoms with E-state index in [-0.39, 0.29) is 17.9 Å². The van der Waals surface area contributed by atoms with Gasteiger partial charge in [0.25, 0.3) is 0 Å². The van der Waals surface area contributed by atoms with Gasteiger partial charge >= 0.3 is 6.09 Å². The van der Waals surface area contributed by atoms with Crippen molar-refractivity contribution in [3.8, 4) is 11.3 Å². The highest BCUT2D eigenvalue weighted by atomic mass is 32.1. The first-order valence-corrected chi connectivity index (χ1v) is 10.8. The van der Waals surface area contributed by atoms with Crippen molar-refractivity contribution >= 4 is 28.5 Å². The lowest BCUT2D eigenvalue weighted by Crippen LogP contribution is -2.41. The van der Waals surface area contributed by atoms with Gasteiger partial charge in [0.1, 0.15) is 0 Å². The quantitative estimate of drug-likeness (QED) is 0.840. The highest BCUT2D eigenvalue weighted by Gasteiger charge is 2.28. The van der Waals surface area contributed by atoms with E-state index in [1.54, 1.807) is 11.8 Å². The van der Waals surface area contributed by atoms with E-state index in [0.29, 0.717) is 37.7 Å². The van der Waals surface area contributed by atoms with E-state index in [1.807, 2.05) is 5.38 Å². The standard InChI is InChI=1S/C21H25N3O3S/c1-2-27-21(26)24-10-8-15(9-11-24)19(25)23-20-22-18(13-28-20)17-7-6-14-4-3-5-16(14)12-17/h6-7,12-13,15H,2-5,8-11H2,1H3,(H,22,23,25). The molecule has 1 saturated heterocycles. The van der Waals surface area contributed by atoms with E-state index >= 15 is 0 Å². The van der Waals surface area contributed by atoms with Crippen LogP contribution in [0.5, 0.6) is 0 Å². The van der Waals surface area contributed by atoms with Crippen LogP contribution >= 0.6 is 11.3 Å². The molecular weight excluding hydrogens is 374 g/mol. The fraction of sp³-hybridized carbons (Fsp3) is 0.476. The van der Waals surface area contributed by atoms with Crippen LogP contribution in [0.15, 0.2) is 23.6 Å². The summed E-state index contributed by atoms with van der Waals surface area (Å²) < 4.78 is 5.02. The van der Waals surface area contributed by atoms with Gasteiger partial charge in [-0.2, -0.15) is 0 Å². The lowest BCUT2D eigenvalue weighted by atomic mass is 9.96. The van der Waals surface area contributed by atoms with Crippen LogP contribution in [-0.4, -0.2) is 41.6 Å². The maximum absolute atomic E-state index is 12.6. The van der Waals surface area contributed by atoms with Gasteiger partial charge in [-0.25, -0.2) is 9.78 Å². The van der Waals surface area contributed by atoms with E-state index in [4.69, 9.17) is 4.74 Å². The Morgan fingerprint density at radius 2 is 2.04 bits per heavy atom. The summed E-state index contributed by atoms with van der Waals surface area (Å²) in [5, 5.41) is 5.59. The topological polar surface area (TPSA) is 71.5 Å². The van der Waals surface area contributed by atoms with E-state index in [9.17, 15) is 9.59 Å². The summed E-state index contributed by atoms with van der Waals surface area (Å²) in [6.07, 6.45) is 4.54. The average molecular weight is 400 g/mol. The summed E-state index contributed by atoms with van der Waals surface area (Å²) in [7, 11) is 0. The van der Waals surface area contributed by atoms with Gasteiger partial charge in [0.05, 0.1) is 12.3 Å². The summed E-state index contributed by atoms with van der Waals surface area (Å²) in [5.41, 5.74) is 4.89. The zero-order valence-electron chi connectivity index (χ0n) is 16.1. The zero-order valence-corrected chi connectivity index (χ0v) is 16.9. The number of nitrogens with one attached hydrogen (secondary N) is 1. The van der Waals surface area contributed by atoms with Gasteiger partial charge in [-0.05, 0) is 56.2 Å². The monoisotopic (exact) mass is 399 g/mol. The number of piperidine rings is 1. The second kappa shape index (κ2) is 8.31. The van der Waals surface area contributed by atoms with E-state index in [1.165, 1.54) is 35.3 Å². The number of thiazole rings is 1. The van der Waals surface area contributed by atoms with Gasteiger partial charge in [-0.3, -0.25) is 4.79 Å². The molecule has 2 heterocycles. The van der Waals surface area contributed by atoms with Crippen LogP contribution in [0.2, 0.25) is 0 Å². The Morgan fingerprint density at radius 3 is 2.82 bits per heavy atom. The van der Waals surface area contributed by atoms with Crippen LogP contribution < -0.4 is 5.32 Å². The Kier molecular flexibility index (Phi) is 5.62. The molecule has 2 aromatic rings. The molecule has 1 aliphatic carbocycles. The normalized spacial score (nSPS) is 16.7. The number of carbonyl (C=O) groups excluding carboxylic acids is 2. The number of aryl methyl sites for hydroxylation is 2. The van der Waals surface area contributed by atoms with Crippen molar-refractivity contribution in [3.05, 3.63) is 34.7 Å². The fourth-order valence-corrected chi connectivity index (χ4v) is 4.66. The molecule has 6 nitrogen and oxygen atoms in total. The molecule has 1 aromatic heterocycles. The molecular formula is C21H25N3O3S. The van der Waals surface area contributed by atoms with Crippen molar-refractivity contribution in [1.82, 2.24) is 9.88 Å². The summed E-state index contributed by atoms with van der Waals surface area (Å²) in [4.78, 5) is 30.6. The lowest BCUT2D eigenvalue weighted by molar-refractivity contribution is -0.121. The number of benzene rings is 1. The predicted molar refractivity (Wildman–Crippen MR) is 110 cm³/mol. The number of rotatable bonds is 4. The smallest absolute Gasteiger partial charge is 0.409 e. The molecule has 1 aromatic carbocycles. The minimum atomic E-state index is -0.291. The number of hydrogen-bond donors (Lipinski definition) is 1. The van der Waals surface area contributed by atoms with E-state index in [2.05, 4.69) is 28.5 Å². The van der Waals surface area contributed by atoms with Crippen molar-refractivity contribution in [3.63, 3.8) is 0 Å². The molecule has 1 aliphatic heterocycles. The molecule has 1 N–H and O–H groups in total. The minimum absolute atomic E-state index is 0.0154. The second-order valence-electron chi connectivity index (χ2n) is 7.32. The summed E-state index contributed by atoms with van der Waals surface area (Å²) in [6, 6.07) is 6.55. The van der Waals surface area contributed by atoms with Crippen molar-refractivity contribution in [1.29, 1.82) is 0 Å². The third-order valence-electron chi connectivity index (χ3n) is 5.52. The van der Waals surface area contributed by atoms with Crippen molar-refractivity contribution in [2.45, 2.75) is 39.0 Å². The molecule has 0 atom stereocenters. The molecule has 1 fully saturated rings. The van der Waals surface area contributed by atoms with Crippen molar-refractivity contribution in [2.75, 3.05) is 25.0 Å². The molecule has 7 heteroatoms. The Labute approximate surface area is 168 Å². The maximum Gasteiger partial charge on any atom is 0.409 e. The van der Waals surface area contributed by atoms with Gasteiger partial charge in [0.2, 0.25) is 5.91 Å². The molecule has 0 unspecified atom stereocenters. The number of hydrogen-bond acceptors (Lipinski definition) is 5. The number of anilines is 1. The molecule has 28 heavy (non-hydrogen) atoms. The highest BCUT2D eigenvalue weighted by Crippen LogP contribution is 2.30. The number of ether oxygens (including phenoxy) is 1. The first kappa shape index (κ1) is 18.9. The van der Waals surface area contributed by atoms with Crippen LogP contribution in [0.3, 0.4) is 0 Å². The summed E-state index contributed by atoms with van der Waals surface area (Å²) in [6.45, 7) is 3.27. The van der Waals surface area contributed by atoms with Crippen LogP contribution in [0.4, 0.5) is 9.93 Å². The van der Waals surface area contributed by atoms with E-state index < -0.39 is 0 Å². The van der Waals surface area contributed by atoms with Crippen LogP contribution in [-0.2, 0) is 22.4 Å². The Bertz CT molecular complexity index is 872. The predicted octanol–water partition coefficient (Wildman–Crippen LogP) is 4.11. The number of fused-ring (bicyclic) bond motifs is 1. The first-order valence-electron chi connectivity index (χ1n) is 9.94. The fourth-order valence-electron chi connectivity index (χ4n) is 3.94. The van der Waals surface area contributed by atoms with Gasteiger partial charge in [-0.1, -0.05) is 12.1 Å². The second-order valence-corrected chi connectivity index (χ2v) is 8.18. The third-order valence-corrected chi connectivity index (χ3v) is 6.28. The Balaban J connectivity index is 1.34. The van der Waals surface area contributed by atoms with Crippen molar-refractivity contribution in [2.24, 2.45) is 5.92 Å². The van der Waals surface area contributed by atoms with Gasteiger partial charge in [0, 0.05) is 30.0 Å². The first-order chi connectivity index (χ1) is 13.6. The van der Waals surface area contributed by atoms with Crippen LogP contribution in [0.25, 0.3) is 11.3 Å². The summed E-state index contributed by atoms with van der Waals surface area (Å²) >= 11 is 1.45. The Hall–Kier alpha value is -2.41.